The molecule has 172 valence electrons. The fourth-order valence-electron chi connectivity index (χ4n) is 4.50. The van der Waals surface area contributed by atoms with Gasteiger partial charge in [-0.15, -0.1) is 0 Å². The van der Waals surface area contributed by atoms with E-state index in [1.165, 1.54) is 0 Å². The van der Waals surface area contributed by atoms with Crippen molar-refractivity contribution in [3.05, 3.63) is 42.5 Å². The average Bonchev–Trinajstić information content (AvgIpc) is 3.42. The molecule has 3 N–H and O–H groups in total. The standard InChI is InChI=1S/C24H29N7O2/c1-14(2)28-24-26-12-19-18(11-25-22(19)30-24)15-8-9-31-21(10-15)20(13-27-31)23(32)29-16-4-6-17(33-3)7-5-16/h8-14,16-17H,4-7H2,1-3H3,(H,29,32)(H2,25,26,28,30)/t16-,17-. The van der Waals surface area contributed by atoms with Crippen molar-refractivity contribution >= 4 is 28.4 Å². The van der Waals surface area contributed by atoms with E-state index in [0.29, 0.717) is 17.6 Å². The number of rotatable bonds is 6. The van der Waals surface area contributed by atoms with Gasteiger partial charge in [0.2, 0.25) is 5.95 Å². The van der Waals surface area contributed by atoms with Crippen LogP contribution in [0.15, 0.2) is 36.9 Å². The average molecular weight is 448 g/mol. The van der Waals surface area contributed by atoms with E-state index in [0.717, 1.165) is 53.4 Å². The number of methoxy groups -OCH3 is 1. The van der Waals surface area contributed by atoms with E-state index in [1.54, 1.807) is 17.8 Å². The van der Waals surface area contributed by atoms with E-state index >= 15 is 0 Å². The summed E-state index contributed by atoms with van der Waals surface area (Å²) < 4.78 is 7.17. The summed E-state index contributed by atoms with van der Waals surface area (Å²) in [4.78, 5) is 25.3. The lowest BCUT2D eigenvalue weighted by atomic mass is 9.93. The number of aromatic amines is 1. The number of nitrogens with zero attached hydrogens (tertiary/aromatic N) is 4. The monoisotopic (exact) mass is 447 g/mol. The molecule has 33 heavy (non-hydrogen) atoms. The first-order valence-electron chi connectivity index (χ1n) is 11.4. The number of hydrogen-bond donors (Lipinski definition) is 3. The zero-order valence-corrected chi connectivity index (χ0v) is 19.1. The number of carbonyl (C=O) groups excluding carboxylic acids is 1. The van der Waals surface area contributed by atoms with E-state index in [-0.39, 0.29) is 18.0 Å². The molecule has 5 rings (SSSR count). The minimum absolute atomic E-state index is 0.0883. The van der Waals surface area contributed by atoms with Crippen LogP contribution >= 0.6 is 0 Å². The molecule has 1 aliphatic rings. The number of anilines is 1. The molecule has 0 saturated heterocycles. The second kappa shape index (κ2) is 8.82. The Balaban J connectivity index is 1.41. The molecule has 0 aliphatic heterocycles. The molecule has 0 bridgehead atoms. The second-order valence-electron chi connectivity index (χ2n) is 8.94. The molecule has 9 nitrogen and oxygen atoms in total. The predicted octanol–water partition coefficient (Wildman–Crippen LogP) is 3.78. The lowest BCUT2D eigenvalue weighted by Crippen LogP contribution is -2.38. The van der Waals surface area contributed by atoms with Crippen molar-refractivity contribution in [1.29, 1.82) is 0 Å². The molecule has 0 unspecified atom stereocenters. The first-order valence-corrected chi connectivity index (χ1v) is 11.4. The van der Waals surface area contributed by atoms with E-state index in [1.807, 2.05) is 44.6 Å². The van der Waals surface area contributed by atoms with Crippen molar-refractivity contribution in [2.45, 2.75) is 57.7 Å². The Kier molecular flexibility index (Phi) is 5.72. The summed E-state index contributed by atoms with van der Waals surface area (Å²) >= 11 is 0. The van der Waals surface area contributed by atoms with E-state index < -0.39 is 0 Å². The van der Waals surface area contributed by atoms with Gasteiger partial charge in [-0.2, -0.15) is 10.1 Å². The number of hydrogen-bond acceptors (Lipinski definition) is 6. The van der Waals surface area contributed by atoms with Crippen LogP contribution in [0.5, 0.6) is 0 Å². The molecule has 0 spiro atoms. The van der Waals surface area contributed by atoms with Gasteiger partial charge in [-0.1, -0.05) is 0 Å². The SMILES string of the molecule is CO[C@H]1CC[C@H](NC(=O)c2cnn3ccc(-c4c[nH]c5nc(NC(C)C)ncc45)cc23)CC1. The van der Waals surface area contributed by atoms with Crippen LogP contribution < -0.4 is 10.6 Å². The van der Waals surface area contributed by atoms with Crippen molar-refractivity contribution in [2.24, 2.45) is 0 Å². The summed E-state index contributed by atoms with van der Waals surface area (Å²) in [6.07, 6.45) is 11.4. The highest BCUT2D eigenvalue weighted by molar-refractivity contribution is 6.02. The van der Waals surface area contributed by atoms with Gasteiger partial charge >= 0.3 is 0 Å². The van der Waals surface area contributed by atoms with Crippen LogP contribution in [-0.2, 0) is 4.74 Å². The predicted molar refractivity (Wildman–Crippen MR) is 127 cm³/mol. The van der Waals surface area contributed by atoms with Crippen LogP contribution in [0.4, 0.5) is 5.95 Å². The molecule has 0 radical (unpaired) electrons. The van der Waals surface area contributed by atoms with Crippen LogP contribution in [0.3, 0.4) is 0 Å². The first kappa shape index (κ1) is 21.4. The number of amides is 1. The molecular formula is C24H29N7O2. The molecule has 0 aromatic carbocycles. The van der Waals surface area contributed by atoms with Crippen LogP contribution in [0.25, 0.3) is 27.7 Å². The van der Waals surface area contributed by atoms with Crippen molar-refractivity contribution < 1.29 is 9.53 Å². The Bertz CT molecular complexity index is 1280. The minimum Gasteiger partial charge on any atom is -0.381 e. The summed E-state index contributed by atoms with van der Waals surface area (Å²) in [5.74, 6) is 0.505. The van der Waals surface area contributed by atoms with Crippen molar-refractivity contribution in [3.8, 4) is 11.1 Å². The molecule has 1 fully saturated rings. The third kappa shape index (κ3) is 4.28. The fourth-order valence-corrected chi connectivity index (χ4v) is 4.50. The van der Waals surface area contributed by atoms with Crippen molar-refractivity contribution in [3.63, 3.8) is 0 Å². The molecule has 1 aliphatic carbocycles. The van der Waals surface area contributed by atoms with Gasteiger partial charge < -0.3 is 20.4 Å². The van der Waals surface area contributed by atoms with Gasteiger partial charge in [-0.25, -0.2) is 9.50 Å². The topological polar surface area (TPSA) is 109 Å². The lowest BCUT2D eigenvalue weighted by molar-refractivity contribution is 0.0599. The number of H-pyrrole nitrogens is 1. The van der Waals surface area contributed by atoms with Gasteiger partial charge in [0.25, 0.3) is 5.91 Å². The molecule has 1 saturated carbocycles. The number of ether oxygens (including phenoxy) is 1. The summed E-state index contributed by atoms with van der Waals surface area (Å²) in [6, 6.07) is 4.39. The Hall–Kier alpha value is -3.46. The molecule has 1 amide bonds. The smallest absolute Gasteiger partial charge is 0.255 e. The number of fused-ring (bicyclic) bond motifs is 2. The Morgan fingerprint density at radius 2 is 2.06 bits per heavy atom. The summed E-state index contributed by atoms with van der Waals surface area (Å²) in [5, 5.41) is 11.7. The highest BCUT2D eigenvalue weighted by Crippen LogP contribution is 2.29. The zero-order valence-electron chi connectivity index (χ0n) is 19.1. The molecule has 4 aromatic rings. The van der Waals surface area contributed by atoms with Crippen LogP contribution in [0.2, 0.25) is 0 Å². The van der Waals surface area contributed by atoms with E-state index in [4.69, 9.17) is 4.74 Å². The van der Waals surface area contributed by atoms with E-state index in [9.17, 15) is 4.79 Å². The zero-order chi connectivity index (χ0) is 22.9. The third-order valence-electron chi connectivity index (χ3n) is 6.27. The summed E-state index contributed by atoms with van der Waals surface area (Å²) in [5.41, 5.74) is 4.06. The lowest BCUT2D eigenvalue weighted by Gasteiger charge is -2.28. The second-order valence-corrected chi connectivity index (χ2v) is 8.94. The van der Waals surface area contributed by atoms with Crippen LogP contribution in [-0.4, -0.2) is 55.8 Å². The maximum absolute atomic E-state index is 13.0. The number of nitrogens with one attached hydrogen (secondary N) is 3. The molecule has 9 heteroatoms. The van der Waals surface area contributed by atoms with Gasteiger partial charge in [0.05, 0.1) is 23.4 Å². The van der Waals surface area contributed by atoms with Gasteiger partial charge in [-0.3, -0.25) is 4.79 Å². The quantitative estimate of drug-likeness (QED) is 0.415. The Morgan fingerprint density at radius 3 is 2.82 bits per heavy atom. The van der Waals surface area contributed by atoms with E-state index in [2.05, 4.69) is 30.7 Å². The highest BCUT2D eigenvalue weighted by atomic mass is 16.5. The molecule has 4 aromatic heterocycles. The maximum atomic E-state index is 13.0. The molecule has 0 atom stereocenters. The fraction of sp³-hybridized carbons (Fsp3) is 0.417. The minimum atomic E-state index is -0.0883. The van der Waals surface area contributed by atoms with Gasteiger partial charge in [0.1, 0.15) is 5.65 Å². The molecule has 4 heterocycles. The van der Waals surface area contributed by atoms with Gasteiger partial charge in [0, 0.05) is 48.7 Å². The van der Waals surface area contributed by atoms with Crippen molar-refractivity contribution in [1.82, 2.24) is 29.9 Å². The van der Waals surface area contributed by atoms with Crippen LogP contribution in [0.1, 0.15) is 49.9 Å². The summed E-state index contributed by atoms with van der Waals surface area (Å²) in [7, 11) is 1.75. The Labute approximate surface area is 192 Å². The maximum Gasteiger partial charge on any atom is 0.255 e. The highest BCUT2D eigenvalue weighted by Gasteiger charge is 2.24. The number of pyridine rings is 1. The molecular weight excluding hydrogens is 418 g/mol. The van der Waals surface area contributed by atoms with Gasteiger partial charge in [0.15, 0.2) is 0 Å². The summed E-state index contributed by atoms with van der Waals surface area (Å²) in [6.45, 7) is 4.10. The third-order valence-corrected chi connectivity index (χ3v) is 6.27. The number of aromatic nitrogens is 5. The Morgan fingerprint density at radius 1 is 1.24 bits per heavy atom. The largest absolute Gasteiger partial charge is 0.381 e. The number of carbonyl (C=O) groups is 1. The van der Waals surface area contributed by atoms with Gasteiger partial charge in [-0.05, 0) is 57.2 Å². The first-order chi connectivity index (χ1) is 16.0. The normalized spacial score (nSPS) is 18.8. The van der Waals surface area contributed by atoms with Crippen molar-refractivity contribution in [2.75, 3.05) is 12.4 Å². The van der Waals surface area contributed by atoms with Crippen LogP contribution in [0, 0.1) is 0 Å².